The van der Waals surface area contributed by atoms with Crippen LogP contribution in [-0.2, 0) is 0 Å². The molecule has 2 N–H and O–H groups in total. The number of nitrogens with two attached hydrogens (primary N) is 1. The summed E-state index contributed by atoms with van der Waals surface area (Å²) in [5.41, 5.74) is 5.38. The Labute approximate surface area is 80.5 Å². The second-order valence-electron chi connectivity index (χ2n) is 2.50. The maximum atomic E-state index is 12.7. The molecule has 68 valence electrons. The van der Waals surface area contributed by atoms with Gasteiger partial charge in [-0.15, -0.1) is 11.8 Å². The first kappa shape index (κ1) is 10.0. The lowest BCUT2D eigenvalue weighted by atomic mass is 10.3. The van der Waals surface area contributed by atoms with Gasteiger partial charge in [0.1, 0.15) is 11.9 Å². The molecule has 0 heterocycles. The van der Waals surface area contributed by atoms with E-state index in [9.17, 15) is 4.39 Å². The largest absolute Gasteiger partial charge is 0.315 e. The van der Waals surface area contributed by atoms with Crippen molar-refractivity contribution in [1.82, 2.24) is 0 Å². The molecule has 0 bridgehead atoms. The fourth-order valence-electron chi connectivity index (χ4n) is 0.780. The number of benzene rings is 1. The Kier molecular flexibility index (Phi) is 3.74. The van der Waals surface area contributed by atoms with Gasteiger partial charge in [-0.25, -0.2) is 4.39 Å². The van der Waals surface area contributed by atoms with Gasteiger partial charge in [0.15, 0.2) is 0 Å². The summed E-state index contributed by atoms with van der Waals surface area (Å²) in [5, 5.41) is 8.40. The van der Waals surface area contributed by atoms with Gasteiger partial charge in [-0.2, -0.15) is 5.26 Å². The summed E-state index contributed by atoms with van der Waals surface area (Å²) >= 11 is 1.38. The number of hydrogen-bond donors (Lipinski definition) is 1. The van der Waals surface area contributed by atoms with E-state index in [-0.39, 0.29) is 5.82 Å². The highest BCUT2D eigenvalue weighted by molar-refractivity contribution is 7.99. The minimum Gasteiger partial charge on any atom is -0.315 e. The van der Waals surface area contributed by atoms with E-state index in [1.807, 2.05) is 6.07 Å². The Bertz CT molecular complexity index is 322. The molecule has 0 aliphatic heterocycles. The molecule has 0 spiro atoms. The van der Waals surface area contributed by atoms with Crippen LogP contribution in [0.3, 0.4) is 0 Å². The number of nitrogens with zero attached hydrogens (tertiary/aromatic N) is 1. The normalized spacial score (nSPS) is 12.1. The molecule has 1 aromatic carbocycles. The zero-order chi connectivity index (χ0) is 9.68. The van der Waals surface area contributed by atoms with Crippen molar-refractivity contribution in [2.75, 3.05) is 5.75 Å². The zero-order valence-electron chi connectivity index (χ0n) is 6.90. The van der Waals surface area contributed by atoms with Crippen LogP contribution in [-0.4, -0.2) is 11.8 Å². The minimum atomic E-state index is -0.492. The summed E-state index contributed by atoms with van der Waals surface area (Å²) < 4.78 is 12.7. The van der Waals surface area contributed by atoms with Crippen LogP contribution in [0.5, 0.6) is 0 Å². The molecule has 0 amide bonds. The molecule has 13 heavy (non-hydrogen) atoms. The predicted octanol–water partition coefficient (Wildman–Crippen LogP) is 1.77. The van der Waals surface area contributed by atoms with Gasteiger partial charge in [0.05, 0.1) is 6.07 Å². The van der Waals surface area contributed by atoms with E-state index in [1.165, 1.54) is 23.9 Å². The van der Waals surface area contributed by atoms with Crippen LogP contribution < -0.4 is 5.73 Å². The Morgan fingerprint density at radius 1 is 1.62 bits per heavy atom. The molecule has 0 saturated heterocycles. The van der Waals surface area contributed by atoms with Crippen molar-refractivity contribution in [2.24, 2.45) is 5.73 Å². The van der Waals surface area contributed by atoms with Crippen LogP contribution in [0.1, 0.15) is 0 Å². The van der Waals surface area contributed by atoms with Crippen molar-refractivity contribution < 1.29 is 4.39 Å². The molecule has 0 aliphatic rings. The highest BCUT2D eigenvalue weighted by Gasteiger charge is 2.01. The van der Waals surface area contributed by atoms with E-state index in [4.69, 9.17) is 11.0 Å². The van der Waals surface area contributed by atoms with Crippen molar-refractivity contribution in [2.45, 2.75) is 10.9 Å². The minimum absolute atomic E-state index is 0.268. The summed E-state index contributed by atoms with van der Waals surface area (Å²) in [4.78, 5) is 0.797. The van der Waals surface area contributed by atoms with Crippen molar-refractivity contribution in [3.8, 4) is 6.07 Å². The van der Waals surface area contributed by atoms with E-state index in [2.05, 4.69) is 0 Å². The van der Waals surface area contributed by atoms with Crippen LogP contribution in [0.4, 0.5) is 4.39 Å². The van der Waals surface area contributed by atoms with E-state index in [0.717, 1.165) is 4.90 Å². The second kappa shape index (κ2) is 4.85. The van der Waals surface area contributed by atoms with Gasteiger partial charge in [0.2, 0.25) is 0 Å². The fourth-order valence-corrected chi connectivity index (χ4v) is 1.60. The van der Waals surface area contributed by atoms with Crippen LogP contribution in [0.15, 0.2) is 29.2 Å². The Morgan fingerprint density at radius 2 is 2.38 bits per heavy atom. The number of nitriles is 1. The maximum absolute atomic E-state index is 12.7. The molecule has 0 radical (unpaired) electrons. The molecule has 0 aliphatic carbocycles. The average molecular weight is 196 g/mol. The molecular weight excluding hydrogens is 187 g/mol. The van der Waals surface area contributed by atoms with Gasteiger partial charge < -0.3 is 5.73 Å². The zero-order valence-corrected chi connectivity index (χ0v) is 7.72. The first-order chi connectivity index (χ1) is 6.22. The van der Waals surface area contributed by atoms with Crippen molar-refractivity contribution >= 4 is 11.8 Å². The fraction of sp³-hybridized carbons (Fsp3) is 0.222. The summed E-state index contributed by atoms with van der Waals surface area (Å²) in [6.45, 7) is 0. The van der Waals surface area contributed by atoms with E-state index in [1.54, 1.807) is 12.1 Å². The van der Waals surface area contributed by atoms with Gasteiger partial charge in [0.25, 0.3) is 0 Å². The number of thioether (sulfide) groups is 1. The van der Waals surface area contributed by atoms with Crippen LogP contribution >= 0.6 is 11.8 Å². The monoisotopic (exact) mass is 196 g/mol. The molecule has 1 rings (SSSR count). The maximum Gasteiger partial charge on any atom is 0.124 e. The van der Waals surface area contributed by atoms with E-state index >= 15 is 0 Å². The summed E-state index contributed by atoms with van der Waals surface area (Å²) in [6, 6.07) is 7.65. The van der Waals surface area contributed by atoms with E-state index < -0.39 is 6.04 Å². The first-order valence-electron chi connectivity index (χ1n) is 3.76. The topological polar surface area (TPSA) is 49.8 Å². The summed E-state index contributed by atoms with van der Waals surface area (Å²) in [5.74, 6) is 0.218. The summed E-state index contributed by atoms with van der Waals surface area (Å²) in [6.07, 6.45) is 0. The SMILES string of the molecule is N#CC(N)CSc1cccc(F)c1. The molecule has 2 nitrogen and oxygen atoms in total. The molecule has 1 atom stereocenters. The number of halogens is 1. The van der Waals surface area contributed by atoms with Gasteiger partial charge in [0, 0.05) is 10.6 Å². The molecule has 0 aromatic heterocycles. The Hall–Kier alpha value is -1.05. The van der Waals surface area contributed by atoms with Gasteiger partial charge >= 0.3 is 0 Å². The Balaban J connectivity index is 2.51. The van der Waals surface area contributed by atoms with Gasteiger partial charge in [-0.1, -0.05) is 6.07 Å². The Morgan fingerprint density at radius 3 is 3.00 bits per heavy atom. The third-order valence-electron chi connectivity index (χ3n) is 1.39. The molecule has 1 unspecified atom stereocenters. The molecule has 0 saturated carbocycles. The van der Waals surface area contributed by atoms with Gasteiger partial charge in [-0.3, -0.25) is 0 Å². The molecule has 0 fully saturated rings. The highest BCUT2D eigenvalue weighted by Crippen LogP contribution is 2.18. The second-order valence-corrected chi connectivity index (χ2v) is 3.60. The predicted molar refractivity (Wildman–Crippen MR) is 50.7 cm³/mol. The average Bonchev–Trinajstić information content (AvgIpc) is 2.14. The summed E-state index contributed by atoms with van der Waals surface area (Å²) in [7, 11) is 0. The van der Waals surface area contributed by atoms with Crippen molar-refractivity contribution in [1.29, 1.82) is 5.26 Å². The smallest absolute Gasteiger partial charge is 0.124 e. The lowest BCUT2D eigenvalue weighted by molar-refractivity contribution is 0.624. The van der Waals surface area contributed by atoms with Crippen molar-refractivity contribution in [3.63, 3.8) is 0 Å². The van der Waals surface area contributed by atoms with Crippen LogP contribution in [0.25, 0.3) is 0 Å². The standard InChI is InChI=1S/C9H9FN2S/c10-7-2-1-3-9(4-7)13-6-8(12)5-11/h1-4,8H,6,12H2. The molecular formula is C9H9FN2S. The van der Waals surface area contributed by atoms with Crippen LogP contribution in [0.2, 0.25) is 0 Å². The number of rotatable bonds is 3. The third-order valence-corrected chi connectivity index (χ3v) is 2.50. The van der Waals surface area contributed by atoms with E-state index in [0.29, 0.717) is 5.75 Å². The van der Waals surface area contributed by atoms with Gasteiger partial charge in [-0.05, 0) is 18.2 Å². The van der Waals surface area contributed by atoms with Crippen molar-refractivity contribution in [3.05, 3.63) is 30.1 Å². The third kappa shape index (κ3) is 3.45. The molecule has 4 heteroatoms. The lowest BCUT2D eigenvalue weighted by Gasteiger charge is -2.02. The van der Waals surface area contributed by atoms with Crippen LogP contribution in [0, 0.1) is 17.1 Å². The quantitative estimate of drug-likeness (QED) is 0.749. The highest BCUT2D eigenvalue weighted by atomic mass is 32.2. The lowest BCUT2D eigenvalue weighted by Crippen LogP contribution is -2.19. The number of hydrogen-bond acceptors (Lipinski definition) is 3. The molecule has 1 aromatic rings. The first-order valence-corrected chi connectivity index (χ1v) is 4.74.